The first kappa shape index (κ1) is 58.9. The summed E-state index contributed by atoms with van der Waals surface area (Å²) in [6, 6.07) is -0.529. The number of amides is 1. The average Bonchev–Trinajstić information content (AvgIpc) is 3.25. The summed E-state index contributed by atoms with van der Waals surface area (Å²) in [5.41, 5.74) is 0. The Balaban J connectivity index is 3.28. The monoisotopic (exact) mass is 844 g/mol. The van der Waals surface area contributed by atoms with Gasteiger partial charge in [-0.25, -0.2) is 0 Å². The fraction of sp³-hybridized carbons (Fsp3) is 0.911. The summed E-state index contributed by atoms with van der Waals surface area (Å²) in [6.45, 7) is 4.32. The van der Waals surface area contributed by atoms with Crippen molar-refractivity contribution in [3.63, 3.8) is 0 Å². The van der Waals surface area contributed by atoms with Crippen LogP contribution in [0.2, 0.25) is 0 Å². The van der Waals surface area contributed by atoms with E-state index < -0.39 is 12.1 Å². The van der Waals surface area contributed by atoms with Gasteiger partial charge in [0.05, 0.1) is 18.8 Å². The van der Waals surface area contributed by atoms with Crippen molar-refractivity contribution in [1.29, 1.82) is 0 Å². The fourth-order valence-corrected chi connectivity index (χ4v) is 8.75. The van der Waals surface area contributed by atoms with Crippen LogP contribution in [-0.2, 0) is 4.79 Å². The van der Waals surface area contributed by atoms with Gasteiger partial charge < -0.3 is 15.5 Å². The smallest absolute Gasteiger partial charge is 0.220 e. The van der Waals surface area contributed by atoms with E-state index in [0.29, 0.717) is 12.8 Å². The summed E-state index contributed by atoms with van der Waals surface area (Å²) < 4.78 is 0. The van der Waals surface area contributed by atoms with Gasteiger partial charge >= 0.3 is 0 Å². The standard InChI is InChI=1S/C56H109NO3/c1-3-5-7-9-11-12-13-14-15-16-17-18-19-20-21-22-23-24-25-26-27-28-29-30-31-32-33-34-35-36-37-38-39-40-41-42-43-44-46-48-50-52-56(60)57-54(53-58)55(59)51-49-47-45-10-8-6-4-2/h13-14,16-17,54-55,58-59H,3-12,15,18-53H2,1-2H3,(H,57,60)/b14-13-,17-16-. The SMILES string of the molecule is CCCCCCC/C=C\C/C=C\CCCCCCCCCCCCCCCCCCCCCCCCCCCCCCCC(=O)NC(CO)C(O)CCCCCCCCC. The Bertz CT molecular complexity index is 871. The molecule has 3 N–H and O–H groups in total. The minimum Gasteiger partial charge on any atom is -0.394 e. The third kappa shape index (κ3) is 47.9. The van der Waals surface area contributed by atoms with Crippen LogP contribution < -0.4 is 5.32 Å². The molecule has 2 unspecified atom stereocenters. The van der Waals surface area contributed by atoms with Gasteiger partial charge in [-0.05, 0) is 44.9 Å². The lowest BCUT2D eigenvalue weighted by Crippen LogP contribution is -2.45. The maximum Gasteiger partial charge on any atom is 0.220 e. The summed E-state index contributed by atoms with van der Waals surface area (Å²) in [5, 5.41) is 23.0. The minimum absolute atomic E-state index is 0.0299. The highest BCUT2D eigenvalue weighted by Gasteiger charge is 2.20. The van der Waals surface area contributed by atoms with Crippen LogP contribution in [0.15, 0.2) is 24.3 Å². The highest BCUT2D eigenvalue weighted by Crippen LogP contribution is 2.18. The zero-order valence-electron chi connectivity index (χ0n) is 41.0. The lowest BCUT2D eigenvalue weighted by atomic mass is 10.0. The zero-order valence-corrected chi connectivity index (χ0v) is 41.0. The number of aliphatic hydroxyl groups is 2. The Morgan fingerprint density at radius 2 is 0.683 bits per heavy atom. The third-order valence-electron chi connectivity index (χ3n) is 13.0. The number of hydrogen-bond acceptors (Lipinski definition) is 3. The molecule has 0 aliphatic rings. The van der Waals surface area contributed by atoms with Gasteiger partial charge in [-0.3, -0.25) is 4.79 Å². The van der Waals surface area contributed by atoms with Gasteiger partial charge in [0, 0.05) is 6.42 Å². The topological polar surface area (TPSA) is 69.6 Å². The largest absolute Gasteiger partial charge is 0.394 e. The van der Waals surface area contributed by atoms with Gasteiger partial charge in [-0.15, -0.1) is 0 Å². The Hall–Kier alpha value is -1.13. The molecule has 0 heterocycles. The van der Waals surface area contributed by atoms with Crippen molar-refractivity contribution >= 4 is 5.91 Å². The summed E-state index contributed by atoms with van der Waals surface area (Å²) in [7, 11) is 0. The van der Waals surface area contributed by atoms with Crippen LogP contribution in [0.4, 0.5) is 0 Å². The van der Waals surface area contributed by atoms with Crippen molar-refractivity contribution < 1.29 is 15.0 Å². The van der Waals surface area contributed by atoms with Crippen molar-refractivity contribution in [2.75, 3.05) is 6.61 Å². The highest BCUT2D eigenvalue weighted by molar-refractivity contribution is 5.76. The van der Waals surface area contributed by atoms with E-state index in [-0.39, 0.29) is 12.5 Å². The van der Waals surface area contributed by atoms with E-state index in [0.717, 1.165) is 32.1 Å². The van der Waals surface area contributed by atoms with Gasteiger partial charge in [0.1, 0.15) is 0 Å². The second-order valence-corrected chi connectivity index (χ2v) is 19.0. The van der Waals surface area contributed by atoms with E-state index in [1.165, 1.54) is 250 Å². The van der Waals surface area contributed by atoms with E-state index >= 15 is 0 Å². The summed E-state index contributed by atoms with van der Waals surface area (Å²) >= 11 is 0. The number of allylic oxidation sites excluding steroid dienone is 4. The molecule has 0 aliphatic carbocycles. The number of rotatable bonds is 51. The molecule has 0 aromatic carbocycles. The number of nitrogens with one attached hydrogen (secondary N) is 1. The zero-order chi connectivity index (χ0) is 43.5. The molecule has 60 heavy (non-hydrogen) atoms. The summed E-state index contributed by atoms with van der Waals surface area (Å²) in [6.07, 6.45) is 69.2. The normalized spacial score (nSPS) is 12.9. The molecular weight excluding hydrogens is 735 g/mol. The van der Waals surface area contributed by atoms with Crippen LogP contribution >= 0.6 is 0 Å². The summed E-state index contributed by atoms with van der Waals surface area (Å²) in [5.74, 6) is -0.0299. The number of aliphatic hydroxyl groups excluding tert-OH is 2. The Kier molecular flexibility index (Phi) is 51.2. The predicted molar refractivity (Wildman–Crippen MR) is 267 cm³/mol. The molecule has 0 aromatic heterocycles. The molecule has 4 nitrogen and oxygen atoms in total. The van der Waals surface area contributed by atoms with Crippen molar-refractivity contribution in [2.45, 2.75) is 321 Å². The molecular formula is C56H109NO3. The first-order chi connectivity index (χ1) is 29.7. The maximum atomic E-state index is 12.4. The minimum atomic E-state index is -0.652. The lowest BCUT2D eigenvalue weighted by Gasteiger charge is -2.22. The maximum absolute atomic E-state index is 12.4. The second kappa shape index (κ2) is 52.2. The Morgan fingerprint density at radius 1 is 0.400 bits per heavy atom. The number of carbonyl (C=O) groups excluding carboxylic acids is 1. The molecule has 356 valence electrons. The van der Waals surface area contributed by atoms with Crippen LogP contribution in [0, 0.1) is 0 Å². The lowest BCUT2D eigenvalue weighted by molar-refractivity contribution is -0.123. The average molecular weight is 844 g/mol. The third-order valence-corrected chi connectivity index (χ3v) is 13.0. The quantitative estimate of drug-likeness (QED) is 0.0422. The fourth-order valence-electron chi connectivity index (χ4n) is 8.75. The van der Waals surface area contributed by atoms with Crippen LogP contribution in [-0.4, -0.2) is 34.9 Å². The molecule has 0 fully saturated rings. The van der Waals surface area contributed by atoms with E-state index in [4.69, 9.17) is 0 Å². The first-order valence-corrected chi connectivity index (χ1v) is 27.5. The number of carbonyl (C=O) groups is 1. The predicted octanol–water partition coefficient (Wildman–Crippen LogP) is 17.9. The van der Waals surface area contributed by atoms with Crippen molar-refractivity contribution in [1.82, 2.24) is 5.32 Å². The van der Waals surface area contributed by atoms with E-state index in [2.05, 4.69) is 43.5 Å². The molecule has 0 saturated carbocycles. The van der Waals surface area contributed by atoms with Gasteiger partial charge in [-0.1, -0.05) is 282 Å². The molecule has 0 radical (unpaired) electrons. The van der Waals surface area contributed by atoms with Crippen LogP contribution in [0.5, 0.6) is 0 Å². The number of hydrogen-bond donors (Lipinski definition) is 3. The van der Waals surface area contributed by atoms with E-state index in [1.54, 1.807) is 0 Å². The van der Waals surface area contributed by atoms with Crippen LogP contribution in [0.25, 0.3) is 0 Å². The molecule has 0 bridgehead atoms. The molecule has 0 spiro atoms. The second-order valence-electron chi connectivity index (χ2n) is 19.0. The van der Waals surface area contributed by atoms with Crippen molar-refractivity contribution in [2.24, 2.45) is 0 Å². The Labute approximate surface area is 377 Å². The van der Waals surface area contributed by atoms with E-state index in [1.807, 2.05) is 0 Å². The molecule has 0 rings (SSSR count). The molecule has 0 aromatic rings. The van der Waals surface area contributed by atoms with Crippen molar-refractivity contribution in [3.8, 4) is 0 Å². The number of unbranched alkanes of at least 4 members (excludes halogenated alkanes) is 40. The molecule has 2 atom stereocenters. The molecule has 0 aliphatic heterocycles. The summed E-state index contributed by atoms with van der Waals surface area (Å²) in [4.78, 5) is 12.4. The molecule has 0 saturated heterocycles. The van der Waals surface area contributed by atoms with Gasteiger partial charge in [-0.2, -0.15) is 0 Å². The molecule has 1 amide bonds. The first-order valence-electron chi connectivity index (χ1n) is 27.5. The molecule has 4 heteroatoms. The van der Waals surface area contributed by atoms with Gasteiger partial charge in [0.25, 0.3) is 0 Å². The van der Waals surface area contributed by atoms with Gasteiger partial charge in [0.2, 0.25) is 5.91 Å². The highest BCUT2D eigenvalue weighted by atomic mass is 16.3. The van der Waals surface area contributed by atoms with Gasteiger partial charge in [0.15, 0.2) is 0 Å². The Morgan fingerprint density at radius 3 is 1.00 bits per heavy atom. The van der Waals surface area contributed by atoms with E-state index in [9.17, 15) is 15.0 Å². The van der Waals surface area contributed by atoms with Crippen LogP contribution in [0.1, 0.15) is 309 Å². The van der Waals surface area contributed by atoms with Crippen molar-refractivity contribution in [3.05, 3.63) is 24.3 Å². The van der Waals surface area contributed by atoms with Crippen LogP contribution in [0.3, 0.4) is 0 Å².